The molecule has 0 aromatic carbocycles. The van der Waals surface area contributed by atoms with Crippen LogP contribution < -0.4 is 0 Å². The minimum absolute atomic E-state index is 0.470. The van der Waals surface area contributed by atoms with E-state index in [9.17, 15) is 0 Å². The Balaban J connectivity index is 2.16. The minimum atomic E-state index is 0.470. The van der Waals surface area contributed by atoms with Crippen LogP contribution in [0.1, 0.15) is 23.5 Å². The molecule has 0 aliphatic heterocycles. The fourth-order valence-electron chi connectivity index (χ4n) is 1.98. The second-order valence-corrected chi connectivity index (χ2v) is 4.06. The van der Waals surface area contributed by atoms with Crippen LogP contribution in [0.5, 0.6) is 0 Å². The summed E-state index contributed by atoms with van der Waals surface area (Å²) in [5.41, 5.74) is 2.63. The fourth-order valence-corrected chi connectivity index (χ4v) is 1.98. The van der Waals surface area contributed by atoms with E-state index in [-0.39, 0.29) is 0 Å². The third-order valence-electron chi connectivity index (χ3n) is 2.86. The summed E-state index contributed by atoms with van der Waals surface area (Å²) in [5.74, 6) is 0.470. The smallest absolute Gasteiger partial charge is 0.0270 e. The molecule has 0 N–H and O–H groups in total. The summed E-state index contributed by atoms with van der Waals surface area (Å²) >= 11 is 0. The van der Waals surface area contributed by atoms with Crippen LogP contribution >= 0.6 is 0 Å². The fraction of sp³-hybridized carbons (Fsp3) is 0.200. The molecule has 86 valence electrons. The number of pyridine rings is 2. The molecule has 0 spiro atoms. The molecular weight excluding hydrogens is 208 g/mol. The summed E-state index contributed by atoms with van der Waals surface area (Å²) in [7, 11) is 0. The Kier molecular flexibility index (Phi) is 4.03. The first kappa shape index (κ1) is 11.5. The van der Waals surface area contributed by atoms with E-state index in [1.807, 2.05) is 30.9 Å². The molecule has 0 saturated carbocycles. The Morgan fingerprint density at radius 3 is 2.18 bits per heavy atom. The van der Waals surface area contributed by atoms with Gasteiger partial charge in [0.15, 0.2) is 0 Å². The van der Waals surface area contributed by atoms with E-state index < -0.39 is 0 Å². The Bertz CT molecular complexity index is 451. The van der Waals surface area contributed by atoms with Gasteiger partial charge in [0.1, 0.15) is 0 Å². The van der Waals surface area contributed by atoms with Crippen LogP contribution in [0.2, 0.25) is 0 Å². The molecule has 0 fully saturated rings. The molecule has 0 bridgehead atoms. The van der Waals surface area contributed by atoms with Crippen molar-refractivity contribution in [2.45, 2.75) is 18.8 Å². The van der Waals surface area contributed by atoms with Crippen molar-refractivity contribution in [1.29, 1.82) is 0 Å². The highest BCUT2D eigenvalue weighted by molar-refractivity contribution is 5.21. The monoisotopic (exact) mass is 224 g/mol. The van der Waals surface area contributed by atoms with Crippen molar-refractivity contribution >= 4 is 0 Å². The summed E-state index contributed by atoms with van der Waals surface area (Å²) in [6.07, 6.45) is 11.3. The van der Waals surface area contributed by atoms with Gasteiger partial charge in [-0.15, -0.1) is 6.58 Å². The average Bonchev–Trinajstić information content (AvgIpc) is 2.40. The summed E-state index contributed by atoms with van der Waals surface area (Å²) in [6, 6.07) is 8.29. The van der Waals surface area contributed by atoms with Crippen molar-refractivity contribution in [2.24, 2.45) is 0 Å². The number of hydrogen-bond donors (Lipinski definition) is 0. The van der Waals surface area contributed by atoms with Crippen molar-refractivity contribution in [3.05, 3.63) is 72.8 Å². The quantitative estimate of drug-likeness (QED) is 0.728. The zero-order chi connectivity index (χ0) is 11.9. The normalized spacial score (nSPS) is 12.0. The standard InChI is InChI=1S/C15H16N2/c1-2-3-15(14-6-10-17-11-7-14)12-13-4-8-16-9-5-13/h2,4-11,15H,1,3,12H2. The van der Waals surface area contributed by atoms with E-state index in [2.05, 4.69) is 40.8 Å². The van der Waals surface area contributed by atoms with Crippen molar-refractivity contribution in [1.82, 2.24) is 9.97 Å². The molecule has 0 radical (unpaired) electrons. The summed E-state index contributed by atoms with van der Waals surface area (Å²) in [5, 5.41) is 0. The molecule has 1 unspecified atom stereocenters. The van der Waals surface area contributed by atoms with Crippen LogP contribution in [-0.4, -0.2) is 9.97 Å². The van der Waals surface area contributed by atoms with Gasteiger partial charge in [-0.25, -0.2) is 0 Å². The third kappa shape index (κ3) is 3.25. The summed E-state index contributed by atoms with van der Waals surface area (Å²) < 4.78 is 0. The van der Waals surface area contributed by atoms with E-state index in [4.69, 9.17) is 0 Å². The first-order valence-electron chi connectivity index (χ1n) is 5.80. The SMILES string of the molecule is C=CCC(Cc1ccncc1)c1ccncc1. The highest BCUT2D eigenvalue weighted by Crippen LogP contribution is 2.23. The molecule has 2 aromatic heterocycles. The molecule has 0 aliphatic carbocycles. The highest BCUT2D eigenvalue weighted by atomic mass is 14.6. The van der Waals surface area contributed by atoms with Crippen LogP contribution in [-0.2, 0) is 6.42 Å². The largest absolute Gasteiger partial charge is 0.265 e. The van der Waals surface area contributed by atoms with E-state index >= 15 is 0 Å². The topological polar surface area (TPSA) is 25.8 Å². The third-order valence-corrected chi connectivity index (χ3v) is 2.86. The second kappa shape index (κ2) is 5.94. The molecule has 2 heteroatoms. The van der Waals surface area contributed by atoms with Gasteiger partial charge in [-0.2, -0.15) is 0 Å². The van der Waals surface area contributed by atoms with Crippen LogP contribution in [0, 0.1) is 0 Å². The molecule has 1 atom stereocenters. The predicted octanol–water partition coefficient (Wildman–Crippen LogP) is 3.38. The predicted molar refractivity (Wildman–Crippen MR) is 69.7 cm³/mol. The van der Waals surface area contributed by atoms with Crippen molar-refractivity contribution in [2.75, 3.05) is 0 Å². The Morgan fingerprint density at radius 1 is 1.00 bits per heavy atom. The van der Waals surface area contributed by atoms with Crippen molar-refractivity contribution < 1.29 is 0 Å². The lowest BCUT2D eigenvalue weighted by molar-refractivity contribution is 0.694. The van der Waals surface area contributed by atoms with Gasteiger partial charge in [0.2, 0.25) is 0 Å². The molecule has 2 heterocycles. The molecule has 2 nitrogen and oxygen atoms in total. The van der Waals surface area contributed by atoms with Crippen LogP contribution in [0.15, 0.2) is 61.7 Å². The zero-order valence-electron chi connectivity index (χ0n) is 9.79. The van der Waals surface area contributed by atoms with Gasteiger partial charge in [-0.05, 0) is 54.2 Å². The molecule has 0 aliphatic rings. The zero-order valence-corrected chi connectivity index (χ0v) is 9.79. The first-order valence-corrected chi connectivity index (χ1v) is 5.80. The van der Waals surface area contributed by atoms with Gasteiger partial charge in [0, 0.05) is 24.8 Å². The lowest BCUT2D eigenvalue weighted by Gasteiger charge is -2.15. The van der Waals surface area contributed by atoms with Crippen molar-refractivity contribution in [3.63, 3.8) is 0 Å². The van der Waals surface area contributed by atoms with Crippen LogP contribution in [0.4, 0.5) is 0 Å². The molecule has 2 aromatic rings. The van der Waals surface area contributed by atoms with E-state index in [0.29, 0.717) is 5.92 Å². The second-order valence-electron chi connectivity index (χ2n) is 4.06. The first-order chi connectivity index (χ1) is 8.40. The number of aromatic nitrogens is 2. The van der Waals surface area contributed by atoms with Gasteiger partial charge in [0.05, 0.1) is 0 Å². The van der Waals surface area contributed by atoms with Gasteiger partial charge < -0.3 is 0 Å². The highest BCUT2D eigenvalue weighted by Gasteiger charge is 2.10. The van der Waals surface area contributed by atoms with E-state index in [0.717, 1.165) is 12.8 Å². The van der Waals surface area contributed by atoms with Gasteiger partial charge >= 0.3 is 0 Å². The number of rotatable bonds is 5. The van der Waals surface area contributed by atoms with Gasteiger partial charge in [-0.3, -0.25) is 9.97 Å². The maximum absolute atomic E-state index is 4.06. The molecule has 0 amide bonds. The summed E-state index contributed by atoms with van der Waals surface area (Å²) in [4.78, 5) is 8.10. The summed E-state index contributed by atoms with van der Waals surface area (Å²) in [6.45, 7) is 3.84. The lowest BCUT2D eigenvalue weighted by atomic mass is 9.90. The lowest BCUT2D eigenvalue weighted by Crippen LogP contribution is -2.02. The maximum Gasteiger partial charge on any atom is 0.0270 e. The van der Waals surface area contributed by atoms with Gasteiger partial charge in [0.25, 0.3) is 0 Å². The van der Waals surface area contributed by atoms with E-state index in [1.54, 1.807) is 0 Å². The van der Waals surface area contributed by atoms with Crippen LogP contribution in [0.25, 0.3) is 0 Å². The van der Waals surface area contributed by atoms with Gasteiger partial charge in [-0.1, -0.05) is 6.08 Å². The van der Waals surface area contributed by atoms with Crippen molar-refractivity contribution in [3.8, 4) is 0 Å². The Hall–Kier alpha value is -1.96. The van der Waals surface area contributed by atoms with E-state index in [1.165, 1.54) is 11.1 Å². The minimum Gasteiger partial charge on any atom is -0.265 e. The number of hydrogen-bond acceptors (Lipinski definition) is 2. The molecule has 17 heavy (non-hydrogen) atoms. The molecule has 2 rings (SSSR count). The van der Waals surface area contributed by atoms with Crippen LogP contribution in [0.3, 0.4) is 0 Å². The molecule has 0 saturated heterocycles. The maximum atomic E-state index is 4.06. The average molecular weight is 224 g/mol. The molecular formula is C15H16N2. The Morgan fingerprint density at radius 2 is 1.59 bits per heavy atom. The number of nitrogens with zero attached hydrogens (tertiary/aromatic N) is 2. The number of allylic oxidation sites excluding steroid dienone is 1. The Labute approximate surface area is 102 Å².